The molecule has 2 aliphatic rings. The molecule has 0 aliphatic heterocycles. The topological polar surface area (TPSA) is 81.4 Å². The first-order valence-corrected chi connectivity index (χ1v) is 8.81. The number of nitrogens with two attached hydrogens (primary N) is 1. The molecule has 3 N–H and O–H groups in total. The molecule has 1 aromatic carbocycles. The zero-order chi connectivity index (χ0) is 17.3. The normalized spacial score (nSPS) is 27.8. The van der Waals surface area contributed by atoms with Crippen LogP contribution in [-0.2, 0) is 9.53 Å². The number of fused-ring (bicyclic) bond motifs is 2. The molecule has 0 saturated heterocycles. The molecule has 3 rings (SSSR count). The summed E-state index contributed by atoms with van der Waals surface area (Å²) < 4.78 is 4.66. The second kappa shape index (κ2) is 8.39. The molecule has 2 bridgehead atoms. The van der Waals surface area contributed by atoms with Crippen LogP contribution < -0.4 is 11.1 Å². The lowest BCUT2D eigenvalue weighted by Gasteiger charge is -2.43. The van der Waals surface area contributed by atoms with Crippen molar-refractivity contribution >= 4 is 41.6 Å². The molecule has 0 spiro atoms. The van der Waals surface area contributed by atoms with E-state index in [-0.39, 0.29) is 40.9 Å². The smallest absolute Gasteiger partial charge is 0.339 e. The Balaban J connectivity index is 0.00000225. The number of ether oxygens (including phenoxy) is 1. The molecule has 0 heterocycles. The fourth-order valence-corrected chi connectivity index (χ4v) is 4.37. The van der Waals surface area contributed by atoms with E-state index in [1.165, 1.54) is 13.5 Å². The number of anilines is 1. The Hall–Kier alpha value is -1.30. The van der Waals surface area contributed by atoms with Gasteiger partial charge in [-0.2, -0.15) is 0 Å². The van der Waals surface area contributed by atoms with Crippen LogP contribution in [0.2, 0.25) is 5.02 Å². The van der Waals surface area contributed by atoms with Gasteiger partial charge in [0.1, 0.15) is 0 Å². The van der Waals surface area contributed by atoms with Crippen molar-refractivity contribution in [3.8, 4) is 0 Å². The Morgan fingerprint density at radius 3 is 2.44 bits per heavy atom. The summed E-state index contributed by atoms with van der Waals surface area (Å²) >= 11 is 6.10. The molecule has 2 fully saturated rings. The van der Waals surface area contributed by atoms with E-state index in [2.05, 4.69) is 10.1 Å². The number of methoxy groups -OCH3 is 1. The minimum absolute atomic E-state index is 0. The van der Waals surface area contributed by atoms with E-state index < -0.39 is 5.97 Å². The molecule has 5 nitrogen and oxygen atoms in total. The fraction of sp³-hybridized carbons (Fsp3) is 0.556. The zero-order valence-corrected chi connectivity index (χ0v) is 15.7. The van der Waals surface area contributed by atoms with Gasteiger partial charge in [0, 0.05) is 17.6 Å². The largest absolute Gasteiger partial charge is 0.465 e. The van der Waals surface area contributed by atoms with Crippen LogP contribution in [0.5, 0.6) is 0 Å². The number of rotatable bonds is 3. The standard InChI is InChI=1S/C18H23ClN2O3.ClH/c1-24-18(23)14-6-5-13(9-15(14)19)21-17(22)12-7-10-3-2-4-11(8-12)16(10)20;/h5-6,9-12,16H,2-4,7-8,20H2,1H3,(H,21,22);1H. The van der Waals surface area contributed by atoms with Crippen LogP contribution in [0, 0.1) is 17.8 Å². The number of hydrogen-bond acceptors (Lipinski definition) is 4. The summed E-state index contributed by atoms with van der Waals surface area (Å²) in [5.41, 5.74) is 7.17. The van der Waals surface area contributed by atoms with E-state index in [1.807, 2.05) is 0 Å². The van der Waals surface area contributed by atoms with Gasteiger partial charge in [-0.15, -0.1) is 12.4 Å². The first kappa shape index (κ1) is 20.0. The quantitative estimate of drug-likeness (QED) is 0.776. The second-order valence-corrected chi connectivity index (χ2v) is 7.28. The maximum atomic E-state index is 12.6. The number of halogens is 2. The number of carbonyl (C=O) groups is 2. The predicted molar refractivity (Wildman–Crippen MR) is 100 cm³/mol. The highest BCUT2D eigenvalue weighted by molar-refractivity contribution is 6.34. The molecule has 2 aliphatic carbocycles. The molecular formula is C18H24Cl2N2O3. The highest BCUT2D eigenvalue weighted by Gasteiger charge is 2.40. The van der Waals surface area contributed by atoms with Gasteiger partial charge in [0.25, 0.3) is 0 Å². The maximum Gasteiger partial charge on any atom is 0.339 e. The molecule has 1 amide bonds. The van der Waals surface area contributed by atoms with E-state index in [4.69, 9.17) is 17.3 Å². The zero-order valence-electron chi connectivity index (χ0n) is 14.2. The fourth-order valence-electron chi connectivity index (χ4n) is 4.12. The van der Waals surface area contributed by atoms with E-state index in [0.29, 0.717) is 17.5 Å². The summed E-state index contributed by atoms with van der Waals surface area (Å²) in [4.78, 5) is 24.2. The monoisotopic (exact) mass is 386 g/mol. The highest BCUT2D eigenvalue weighted by atomic mass is 35.5. The van der Waals surface area contributed by atoms with Crippen LogP contribution in [0.4, 0.5) is 5.69 Å². The van der Waals surface area contributed by atoms with Gasteiger partial charge in [-0.05, 0) is 55.7 Å². The Labute approximate surface area is 159 Å². The van der Waals surface area contributed by atoms with E-state index in [1.54, 1.807) is 18.2 Å². The van der Waals surface area contributed by atoms with Crippen molar-refractivity contribution in [2.45, 2.75) is 38.1 Å². The van der Waals surface area contributed by atoms with Crippen molar-refractivity contribution in [1.29, 1.82) is 0 Å². The third-order valence-corrected chi connectivity index (χ3v) is 5.74. The summed E-state index contributed by atoms with van der Waals surface area (Å²) in [6.07, 6.45) is 5.19. The van der Waals surface area contributed by atoms with Crippen LogP contribution in [0.25, 0.3) is 0 Å². The number of esters is 1. The average molecular weight is 387 g/mol. The minimum Gasteiger partial charge on any atom is -0.465 e. The lowest BCUT2D eigenvalue weighted by atomic mass is 9.65. The Morgan fingerprint density at radius 1 is 1.24 bits per heavy atom. The van der Waals surface area contributed by atoms with Gasteiger partial charge in [0.15, 0.2) is 0 Å². The van der Waals surface area contributed by atoms with Crippen molar-refractivity contribution in [3.63, 3.8) is 0 Å². The van der Waals surface area contributed by atoms with Crippen LogP contribution in [0.3, 0.4) is 0 Å². The molecule has 0 radical (unpaired) electrons. The number of amides is 1. The van der Waals surface area contributed by atoms with Crippen molar-refractivity contribution in [3.05, 3.63) is 28.8 Å². The molecule has 138 valence electrons. The van der Waals surface area contributed by atoms with E-state index in [0.717, 1.165) is 25.7 Å². The molecule has 7 heteroatoms. The number of benzene rings is 1. The number of carbonyl (C=O) groups excluding carboxylic acids is 2. The van der Waals surface area contributed by atoms with Crippen molar-refractivity contribution < 1.29 is 14.3 Å². The van der Waals surface area contributed by atoms with Gasteiger partial charge in [-0.1, -0.05) is 18.0 Å². The van der Waals surface area contributed by atoms with Gasteiger partial charge in [0.2, 0.25) is 5.91 Å². The molecule has 2 unspecified atom stereocenters. The van der Waals surface area contributed by atoms with Gasteiger partial charge in [-0.25, -0.2) is 4.79 Å². The lowest BCUT2D eigenvalue weighted by Crippen LogP contribution is -2.48. The van der Waals surface area contributed by atoms with Gasteiger partial charge >= 0.3 is 5.97 Å². The summed E-state index contributed by atoms with van der Waals surface area (Å²) in [5.74, 6) is 0.434. The Morgan fingerprint density at radius 2 is 1.88 bits per heavy atom. The third kappa shape index (κ3) is 4.27. The molecule has 2 saturated carbocycles. The van der Waals surface area contributed by atoms with Gasteiger partial charge in [0.05, 0.1) is 17.7 Å². The number of hydrogen-bond donors (Lipinski definition) is 2. The Kier molecular flexibility index (Phi) is 6.72. The summed E-state index contributed by atoms with van der Waals surface area (Å²) in [7, 11) is 1.30. The van der Waals surface area contributed by atoms with Crippen LogP contribution in [0.15, 0.2) is 18.2 Å². The molecule has 25 heavy (non-hydrogen) atoms. The number of nitrogens with one attached hydrogen (secondary N) is 1. The highest BCUT2D eigenvalue weighted by Crippen LogP contribution is 2.42. The van der Waals surface area contributed by atoms with E-state index >= 15 is 0 Å². The van der Waals surface area contributed by atoms with Crippen molar-refractivity contribution in [2.75, 3.05) is 12.4 Å². The molecule has 1 aromatic rings. The molecule has 2 atom stereocenters. The SMILES string of the molecule is COC(=O)c1ccc(NC(=O)C2CC3CCCC(C2)C3N)cc1Cl.Cl. The lowest BCUT2D eigenvalue weighted by molar-refractivity contribution is -0.122. The van der Waals surface area contributed by atoms with Crippen molar-refractivity contribution in [1.82, 2.24) is 0 Å². The first-order chi connectivity index (χ1) is 11.5. The van der Waals surface area contributed by atoms with E-state index in [9.17, 15) is 9.59 Å². The minimum atomic E-state index is -0.494. The summed E-state index contributed by atoms with van der Waals surface area (Å²) in [6, 6.07) is 5.07. The Bertz CT molecular complexity index is 639. The second-order valence-electron chi connectivity index (χ2n) is 6.87. The maximum absolute atomic E-state index is 12.6. The van der Waals surface area contributed by atoms with Crippen LogP contribution in [-0.4, -0.2) is 25.0 Å². The van der Waals surface area contributed by atoms with Crippen LogP contribution in [0.1, 0.15) is 42.5 Å². The first-order valence-electron chi connectivity index (χ1n) is 8.44. The van der Waals surface area contributed by atoms with Crippen LogP contribution >= 0.6 is 24.0 Å². The van der Waals surface area contributed by atoms with Gasteiger partial charge < -0.3 is 15.8 Å². The summed E-state index contributed by atoms with van der Waals surface area (Å²) in [5, 5.41) is 3.19. The van der Waals surface area contributed by atoms with Crippen molar-refractivity contribution in [2.24, 2.45) is 23.5 Å². The molecule has 0 aromatic heterocycles. The average Bonchev–Trinajstić information content (AvgIpc) is 2.54. The van der Waals surface area contributed by atoms with Gasteiger partial charge in [-0.3, -0.25) is 4.79 Å². The molecular weight excluding hydrogens is 363 g/mol. The summed E-state index contributed by atoms with van der Waals surface area (Å²) in [6.45, 7) is 0. The third-order valence-electron chi connectivity index (χ3n) is 5.43. The predicted octanol–water partition coefficient (Wildman–Crippen LogP) is 3.64.